The fraction of sp³-hybridized carbons (Fsp3) is 1.00. The highest BCUT2D eigenvalue weighted by Gasteiger charge is 2.44. The van der Waals surface area contributed by atoms with Gasteiger partial charge < -0.3 is 40.7 Å². The third-order valence-corrected chi connectivity index (χ3v) is 6.59. The average Bonchev–Trinajstić information content (AvgIpc) is 2.79. The Morgan fingerprint density at radius 1 is 0.844 bits per heavy atom. The van der Waals surface area contributed by atoms with E-state index < -0.39 is 49.5 Å². The van der Waals surface area contributed by atoms with Crippen molar-refractivity contribution >= 4 is 0 Å². The average molecular weight is 464 g/mol. The van der Waals surface area contributed by atoms with Crippen molar-refractivity contribution in [1.29, 1.82) is 0 Å². The predicted molar refractivity (Wildman–Crippen MR) is 124 cm³/mol. The molecule has 8 atom stereocenters. The molecule has 0 aromatic carbocycles. The number of hydrogen-bond acceptors (Lipinski definition) is 8. The molecule has 0 amide bonds. The van der Waals surface area contributed by atoms with Crippen molar-refractivity contribution < 1.29 is 35.0 Å². The molecule has 1 saturated heterocycles. The zero-order chi connectivity index (χ0) is 23.9. The summed E-state index contributed by atoms with van der Waals surface area (Å²) in [5, 5.41) is 49.3. The van der Waals surface area contributed by atoms with E-state index in [9.17, 15) is 25.5 Å². The van der Waals surface area contributed by atoms with Crippen LogP contribution in [0.25, 0.3) is 0 Å². The molecule has 1 aliphatic rings. The topological polar surface area (TPSA) is 146 Å². The molecule has 0 radical (unpaired) electrons. The molecule has 32 heavy (non-hydrogen) atoms. The van der Waals surface area contributed by atoms with Gasteiger partial charge in [0.05, 0.1) is 25.4 Å². The standard InChI is InChI=1S/C24H49NO7/c1-3-4-5-6-7-8-9-10-11-12-13-14-17(2)20(27)18(25)16-31-24-23(30)22(29)21(28)19(15-26)32-24/h17-24,26-30H,3-16,25H2,1-2H3/t17-,18+,19?,20-,21+,22+,23?,24+/m1/s1. The van der Waals surface area contributed by atoms with Crippen LogP contribution in [0.2, 0.25) is 0 Å². The van der Waals surface area contributed by atoms with E-state index >= 15 is 0 Å². The van der Waals surface area contributed by atoms with Crippen molar-refractivity contribution in [1.82, 2.24) is 0 Å². The summed E-state index contributed by atoms with van der Waals surface area (Å²) in [5.41, 5.74) is 6.07. The summed E-state index contributed by atoms with van der Waals surface area (Å²) in [6, 6.07) is -0.676. The third kappa shape index (κ3) is 10.7. The fourth-order valence-corrected chi connectivity index (χ4v) is 4.23. The zero-order valence-corrected chi connectivity index (χ0v) is 20.1. The molecule has 8 heteroatoms. The van der Waals surface area contributed by atoms with Crippen LogP contribution in [0, 0.1) is 5.92 Å². The summed E-state index contributed by atoms with van der Waals surface area (Å²) < 4.78 is 10.7. The lowest BCUT2D eigenvalue weighted by Crippen LogP contribution is -2.59. The van der Waals surface area contributed by atoms with Crippen molar-refractivity contribution in [3.8, 4) is 0 Å². The summed E-state index contributed by atoms with van der Waals surface area (Å²) in [7, 11) is 0. The predicted octanol–water partition coefficient (Wildman–Crippen LogP) is 1.83. The first-order valence-electron chi connectivity index (χ1n) is 12.7. The van der Waals surface area contributed by atoms with Gasteiger partial charge in [0.2, 0.25) is 0 Å². The van der Waals surface area contributed by atoms with Gasteiger partial charge in [-0.2, -0.15) is 0 Å². The summed E-state index contributed by atoms with van der Waals surface area (Å²) in [4.78, 5) is 0. The SMILES string of the molecule is CCCCCCCCCCCCC[C@@H](C)[C@@H](O)[C@@H](N)CO[C@H]1OC(CO)[C@H](O)[C@H](O)C1O. The van der Waals surface area contributed by atoms with Crippen LogP contribution in [0.15, 0.2) is 0 Å². The van der Waals surface area contributed by atoms with Gasteiger partial charge in [0, 0.05) is 0 Å². The summed E-state index contributed by atoms with van der Waals surface area (Å²) in [6.45, 7) is 3.61. The second kappa shape index (κ2) is 17.2. The molecule has 0 saturated carbocycles. The lowest BCUT2D eigenvalue weighted by molar-refractivity contribution is -0.302. The van der Waals surface area contributed by atoms with Gasteiger partial charge in [-0.25, -0.2) is 0 Å². The minimum absolute atomic E-state index is 0.0157. The van der Waals surface area contributed by atoms with E-state index in [1.165, 1.54) is 57.8 Å². The van der Waals surface area contributed by atoms with Gasteiger partial charge in [0.15, 0.2) is 6.29 Å². The van der Waals surface area contributed by atoms with Crippen molar-refractivity contribution in [2.75, 3.05) is 13.2 Å². The summed E-state index contributed by atoms with van der Waals surface area (Å²) >= 11 is 0. The van der Waals surface area contributed by atoms with E-state index in [0.29, 0.717) is 0 Å². The van der Waals surface area contributed by atoms with E-state index in [2.05, 4.69) is 6.92 Å². The van der Waals surface area contributed by atoms with Crippen LogP contribution in [-0.2, 0) is 9.47 Å². The first-order valence-corrected chi connectivity index (χ1v) is 12.7. The van der Waals surface area contributed by atoms with Gasteiger partial charge in [-0.15, -0.1) is 0 Å². The van der Waals surface area contributed by atoms with Crippen LogP contribution >= 0.6 is 0 Å². The van der Waals surface area contributed by atoms with E-state index in [-0.39, 0.29) is 12.5 Å². The first kappa shape index (κ1) is 29.7. The Bertz CT molecular complexity index is 454. The van der Waals surface area contributed by atoms with Crippen LogP contribution in [-0.4, -0.2) is 81.6 Å². The smallest absolute Gasteiger partial charge is 0.186 e. The highest BCUT2D eigenvalue weighted by Crippen LogP contribution is 2.23. The second-order valence-electron chi connectivity index (χ2n) is 9.49. The highest BCUT2D eigenvalue weighted by atomic mass is 16.7. The summed E-state index contributed by atoms with van der Waals surface area (Å²) in [6.07, 6.45) is 7.56. The first-order chi connectivity index (χ1) is 15.3. The third-order valence-electron chi connectivity index (χ3n) is 6.59. The zero-order valence-electron chi connectivity index (χ0n) is 20.1. The minimum Gasteiger partial charge on any atom is -0.394 e. The second-order valence-corrected chi connectivity index (χ2v) is 9.49. The van der Waals surface area contributed by atoms with Crippen LogP contribution in [0.5, 0.6) is 0 Å². The van der Waals surface area contributed by atoms with E-state index in [4.69, 9.17) is 15.2 Å². The highest BCUT2D eigenvalue weighted by molar-refractivity contribution is 4.89. The van der Waals surface area contributed by atoms with Gasteiger partial charge in [-0.05, 0) is 12.3 Å². The van der Waals surface area contributed by atoms with Gasteiger partial charge in [-0.3, -0.25) is 0 Å². The van der Waals surface area contributed by atoms with E-state index in [1.54, 1.807) is 0 Å². The van der Waals surface area contributed by atoms with Crippen molar-refractivity contribution in [3.05, 3.63) is 0 Å². The molecule has 192 valence electrons. The maximum absolute atomic E-state index is 10.5. The Morgan fingerprint density at radius 3 is 1.91 bits per heavy atom. The fourth-order valence-electron chi connectivity index (χ4n) is 4.23. The van der Waals surface area contributed by atoms with Crippen molar-refractivity contribution in [3.63, 3.8) is 0 Å². The number of aliphatic hydroxyl groups is 5. The molecular weight excluding hydrogens is 414 g/mol. The molecule has 1 fully saturated rings. The van der Waals surface area contributed by atoms with E-state index in [0.717, 1.165) is 19.3 Å². The van der Waals surface area contributed by atoms with Gasteiger partial charge >= 0.3 is 0 Å². The molecule has 1 rings (SSSR count). The lowest BCUT2D eigenvalue weighted by Gasteiger charge is -2.40. The molecule has 0 spiro atoms. The molecule has 0 aromatic heterocycles. The van der Waals surface area contributed by atoms with Crippen LogP contribution in [0.4, 0.5) is 0 Å². The van der Waals surface area contributed by atoms with Crippen LogP contribution < -0.4 is 5.73 Å². The Balaban J connectivity index is 2.15. The van der Waals surface area contributed by atoms with Crippen LogP contribution in [0.3, 0.4) is 0 Å². The number of hydrogen-bond donors (Lipinski definition) is 6. The largest absolute Gasteiger partial charge is 0.394 e. The lowest BCUT2D eigenvalue weighted by atomic mass is 9.92. The minimum atomic E-state index is -1.49. The number of aliphatic hydroxyl groups excluding tert-OH is 5. The molecule has 1 heterocycles. The Kier molecular flexibility index (Phi) is 15.9. The number of ether oxygens (including phenoxy) is 2. The molecule has 1 aliphatic heterocycles. The molecule has 0 aliphatic carbocycles. The molecule has 7 N–H and O–H groups in total. The molecule has 0 bridgehead atoms. The summed E-state index contributed by atoms with van der Waals surface area (Å²) in [5.74, 6) is 0.0157. The number of unbranched alkanes of at least 4 members (excludes halogenated alkanes) is 10. The number of nitrogens with two attached hydrogens (primary N) is 1. The maximum atomic E-state index is 10.5. The monoisotopic (exact) mass is 463 g/mol. The van der Waals surface area contributed by atoms with Crippen molar-refractivity contribution in [2.45, 2.75) is 134 Å². The Morgan fingerprint density at radius 2 is 1.38 bits per heavy atom. The quantitative estimate of drug-likeness (QED) is 0.169. The van der Waals surface area contributed by atoms with E-state index in [1.807, 2.05) is 6.92 Å². The Labute approximate surface area is 194 Å². The molecule has 8 nitrogen and oxygen atoms in total. The van der Waals surface area contributed by atoms with Gasteiger partial charge in [-0.1, -0.05) is 84.5 Å². The van der Waals surface area contributed by atoms with Gasteiger partial charge in [0.25, 0.3) is 0 Å². The molecule has 2 unspecified atom stereocenters. The molecule has 0 aromatic rings. The van der Waals surface area contributed by atoms with Crippen LogP contribution in [0.1, 0.15) is 90.9 Å². The molecular formula is C24H49NO7. The normalized spacial score (nSPS) is 29.1. The van der Waals surface area contributed by atoms with Gasteiger partial charge in [0.1, 0.15) is 24.4 Å². The number of rotatable bonds is 18. The Hall–Kier alpha value is -0.320. The maximum Gasteiger partial charge on any atom is 0.186 e. The van der Waals surface area contributed by atoms with Crippen molar-refractivity contribution in [2.24, 2.45) is 11.7 Å².